The van der Waals surface area contributed by atoms with Gasteiger partial charge in [-0.25, -0.2) is 14.4 Å². The van der Waals surface area contributed by atoms with Gasteiger partial charge in [0.15, 0.2) is 0 Å². The molecule has 1 aromatic heterocycles. The molecule has 5 rings (SSSR count). The lowest BCUT2D eigenvalue weighted by Gasteiger charge is -2.32. The summed E-state index contributed by atoms with van der Waals surface area (Å²) in [6.07, 6.45) is 10.0. The fourth-order valence-electron chi connectivity index (χ4n) is 4.95. The Kier molecular flexibility index (Phi) is 6.67. The van der Waals surface area contributed by atoms with E-state index in [2.05, 4.69) is 20.2 Å². The summed E-state index contributed by atoms with van der Waals surface area (Å²) in [5.74, 6) is 3.02. The normalized spacial score (nSPS) is 22.8. The molecule has 6 nitrogen and oxygen atoms in total. The maximum absolute atomic E-state index is 14.4. The van der Waals surface area contributed by atoms with Crippen LogP contribution in [0.15, 0.2) is 30.6 Å². The zero-order chi connectivity index (χ0) is 22.8. The number of benzene rings is 1. The number of nitrogens with one attached hydrogen (secondary N) is 1. The lowest BCUT2D eigenvalue weighted by Crippen LogP contribution is -2.35. The Morgan fingerprint density at radius 3 is 2.64 bits per heavy atom. The van der Waals surface area contributed by atoms with Gasteiger partial charge in [-0.15, -0.1) is 0 Å². The third kappa shape index (κ3) is 5.94. The van der Waals surface area contributed by atoms with Gasteiger partial charge in [-0.05, 0) is 67.9 Å². The van der Waals surface area contributed by atoms with E-state index < -0.39 is 0 Å². The minimum Gasteiger partial charge on any atom is -0.493 e. The van der Waals surface area contributed by atoms with Gasteiger partial charge in [-0.1, -0.05) is 17.7 Å². The van der Waals surface area contributed by atoms with Crippen LogP contribution >= 0.6 is 11.6 Å². The molecule has 1 N–H and O–H groups in total. The maximum atomic E-state index is 14.4. The number of carbonyl (C=O) groups excluding carboxylic acids is 1. The average Bonchev–Trinajstić information content (AvgIpc) is 3.74. The highest BCUT2D eigenvalue weighted by molar-refractivity contribution is 6.30. The average molecular weight is 473 g/mol. The molecule has 176 valence electrons. The van der Waals surface area contributed by atoms with Gasteiger partial charge in [0, 0.05) is 25.2 Å². The van der Waals surface area contributed by atoms with Crippen molar-refractivity contribution in [3.05, 3.63) is 47.0 Å². The van der Waals surface area contributed by atoms with Gasteiger partial charge in [-0.3, -0.25) is 4.79 Å². The van der Waals surface area contributed by atoms with Gasteiger partial charge in [0.2, 0.25) is 11.9 Å². The van der Waals surface area contributed by atoms with Crippen molar-refractivity contribution in [2.45, 2.75) is 51.0 Å². The molecule has 2 saturated carbocycles. The number of halogens is 2. The van der Waals surface area contributed by atoms with Crippen LogP contribution in [0.5, 0.6) is 5.75 Å². The summed E-state index contributed by atoms with van der Waals surface area (Å²) in [7, 11) is 0. The molecule has 33 heavy (non-hydrogen) atoms. The molecule has 1 amide bonds. The summed E-state index contributed by atoms with van der Waals surface area (Å²) >= 11 is 5.88. The lowest BCUT2D eigenvalue weighted by molar-refractivity contribution is -0.120. The predicted molar refractivity (Wildman–Crippen MR) is 125 cm³/mol. The number of ether oxygens (including phenoxy) is 1. The number of piperidine rings is 1. The van der Waals surface area contributed by atoms with Crippen LogP contribution in [0.1, 0.15) is 44.1 Å². The fourth-order valence-corrected chi connectivity index (χ4v) is 5.04. The highest BCUT2D eigenvalue weighted by atomic mass is 35.5. The van der Waals surface area contributed by atoms with Crippen LogP contribution < -0.4 is 15.0 Å². The second-order valence-corrected chi connectivity index (χ2v) is 10.0. The highest BCUT2D eigenvalue weighted by Crippen LogP contribution is 2.49. The van der Waals surface area contributed by atoms with Gasteiger partial charge >= 0.3 is 0 Å². The summed E-state index contributed by atoms with van der Waals surface area (Å²) in [6, 6.07) is 5.12. The van der Waals surface area contributed by atoms with Crippen LogP contribution in [-0.4, -0.2) is 41.6 Å². The molecule has 0 bridgehead atoms. The molecule has 2 aromatic rings. The first-order chi connectivity index (χ1) is 16.0. The monoisotopic (exact) mass is 472 g/mol. The van der Waals surface area contributed by atoms with E-state index in [9.17, 15) is 9.18 Å². The largest absolute Gasteiger partial charge is 0.493 e. The first-order valence-electron chi connectivity index (χ1n) is 12.0. The van der Waals surface area contributed by atoms with E-state index in [0.717, 1.165) is 63.0 Å². The van der Waals surface area contributed by atoms with Gasteiger partial charge in [0.25, 0.3) is 0 Å². The fraction of sp³-hybridized carbons (Fsp3) is 0.560. The number of nitrogens with zero attached hydrogens (tertiary/aromatic N) is 3. The van der Waals surface area contributed by atoms with Crippen molar-refractivity contribution in [2.24, 2.45) is 17.8 Å². The molecular formula is C25H30ClFN4O2. The van der Waals surface area contributed by atoms with Crippen LogP contribution in [0.2, 0.25) is 5.02 Å². The molecule has 3 aliphatic rings. The van der Waals surface area contributed by atoms with E-state index >= 15 is 0 Å². The maximum Gasteiger partial charge on any atom is 0.225 e. The molecule has 8 heteroatoms. The molecule has 2 atom stereocenters. The van der Waals surface area contributed by atoms with Crippen molar-refractivity contribution >= 4 is 23.5 Å². The molecule has 2 heterocycles. The van der Waals surface area contributed by atoms with Crippen molar-refractivity contribution in [3.8, 4) is 5.75 Å². The van der Waals surface area contributed by atoms with Crippen molar-refractivity contribution < 1.29 is 13.9 Å². The molecule has 1 aromatic carbocycles. The Morgan fingerprint density at radius 1 is 1.18 bits per heavy atom. The molecule has 0 unspecified atom stereocenters. The molecule has 1 saturated heterocycles. The van der Waals surface area contributed by atoms with Crippen molar-refractivity contribution in [2.75, 3.05) is 24.6 Å². The first kappa shape index (κ1) is 22.4. The summed E-state index contributed by atoms with van der Waals surface area (Å²) in [4.78, 5) is 22.8. The zero-order valence-corrected chi connectivity index (χ0v) is 19.4. The number of hydrogen-bond acceptors (Lipinski definition) is 5. The Morgan fingerprint density at radius 2 is 1.94 bits per heavy atom. The van der Waals surface area contributed by atoms with E-state index in [4.69, 9.17) is 16.3 Å². The Bertz CT molecular complexity index is 977. The standard InChI is InChI=1S/C25H30ClFN4O2/c26-19-14-28-25(29-15-19)31-8-5-16(6-9-31)22-11-17(22)7-10-33-21-4-1-18(23(27)13-21)12-24(32)30-20-2-3-20/h1,4,13-17,20,22H,2-3,5-12H2,(H,30,32)/t17-,22-/m0/s1. The molecule has 0 spiro atoms. The van der Waals surface area contributed by atoms with Gasteiger partial charge in [0.05, 0.1) is 30.4 Å². The van der Waals surface area contributed by atoms with Crippen LogP contribution in [0.4, 0.5) is 10.3 Å². The van der Waals surface area contributed by atoms with E-state index in [0.29, 0.717) is 34.9 Å². The second-order valence-electron chi connectivity index (χ2n) is 9.59. The molecule has 3 fully saturated rings. The zero-order valence-electron chi connectivity index (χ0n) is 18.7. The van der Waals surface area contributed by atoms with Crippen LogP contribution in [-0.2, 0) is 11.2 Å². The molecule has 1 aliphatic heterocycles. The summed E-state index contributed by atoms with van der Waals surface area (Å²) < 4.78 is 20.2. The minimum absolute atomic E-state index is 0.0787. The van der Waals surface area contributed by atoms with Gasteiger partial charge in [-0.2, -0.15) is 0 Å². The van der Waals surface area contributed by atoms with Gasteiger partial charge in [0.1, 0.15) is 11.6 Å². The number of anilines is 1. The number of hydrogen-bond donors (Lipinski definition) is 1. The summed E-state index contributed by atoms with van der Waals surface area (Å²) in [5.41, 5.74) is 0.415. The van der Waals surface area contributed by atoms with E-state index in [1.54, 1.807) is 24.5 Å². The number of rotatable bonds is 9. The SMILES string of the molecule is O=C(Cc1ccc(OCC[C@H]2C[C@H]2C2CCN(c3ncc(Cl)cn3)CC2)cc1F)NC1CC1. The van der Waals surface area contributed by atoms with Gasteiger partial charge < -0.3 is 15.0 Å². The van der Waals surface area contributed by atoms with Crippen molar-refractivity contribution in [1.82, 2.24) is 15.3 Å². The first-order valence-corrected chi connectivity index (χ1v) is 12.4. The number of amides is 1. The third-order valence-electron chi connectivity index (χ3n) is 7.09. The Hall–Kier alpha value is -2.41. The molecule has 0 radical (unpaired) electrons. The number of carbonyl (C=O) groups is 1. The molecular weight excluding hydrogens is 443 g/mol. The summed E-state index contributed by atoms with van der Waals surface area (Å²) in [5, 5.41) is 3.45. The Labute approximate surface area is 198 Å². The second kappa shape index (κ2) is 9.84. The van der Waals surface area contributed by atoms with Crippen LogP contribution in [0.25, 0.3) is 0 Å². The highest BCUT2D eigenvalue weighted by Gasteiger charge is 2.43. The summed E-state index contributed by atoms with van der Waals surface area (Å²) in [6.45, 7) is 2.56. The van der Waals surface area contributed by atoms with E-state index in [1.165, 1.54) is 12.5 Å². The van der Waals surface area contributed by atoms with E-state index in [-0.39, 0.29) is 18.1 Å². The van der Waals surface area contributed by atoms with Crippen LogP contribution in [0, 0.1) is 23.6 Å². The minimum atomic E-state index is -0.376. The smallest absolute Gasteiger partial charge is 0.225 e. The van der Waals surface area contributed by atoms with Crippen LogP contribution in [0.3, 0.4) is 0 Å². The number of aromatic nitrogens is 2. The predicted octanol–water partition coefficient (Wildman–Crippen LogP) is 4.41. The third-order valence-corrected chi connectivity index (χ3v) is 7.28. The Balaban J connectivity index is 1.01. The van der Waals surface area contributed by atoms with Crippen molar-refractivity contribution in [3.63, 3.8) is 0 Å². The molecule has 2 aliphatic carbocycles. The lowest BCUT2D eigenvalue weighted by atomic mass is 9.90. The quantitative estimate of drug-likeness (QED) is 0.585. The van der Waals surface area contributed by atoms with Crippen molar-refractivity contribution in [1.29, 1.82) is 0 Å². The van der Waals surface area contributed by atoms with E-state index in [1.807, 2.05) is 0 Å². The topological polar surface area (TPSA) is 67.3 Å².